The average Bonchev–Trinajstić information content (AvgIpc) is 3.06. The molecule has 0 aliphatic carbocycles. The lowest BCUT2D eigenvalue weighted by molar-refractivity contribution is 0.949. The van der Waals surface area contributed by atoms with Gasteiger partial charge in [0.05, 0.1) is 32.2 Å². The van der Waals surface area contributed by atoms with E-state index in [4.69, 9.17) is 34.3 Å². The zero-order valence-electron chi connectivity index (χ0n) is 17.5. The van der Waals surface area contributed by atoms with Gasteiger partial charge < -0.3 is 20.6 Å². The number of anilines is 2. The van der Waals surface area contributed by atoms with Crippen LogP contribution >= 0.6 is 23.2 Å². The fraction of sp³-hybridized carbons (Fsp3) is 0.182. The number of hydrogen-bond acceptors (Lipinski definition) is 4. The van der Waals surface area contributed by atoms with Crippen LogP contribution in [0.2, 0.25) is 10.0 Å². The standard InChI is InChI=1S/C22H21Cl2N7O/c1-11-12-8-9-16-19(17(12)20(32)28-15(11)7-4-10-27-21(25)26)31(2)22(29-16)30-18-13(23)5-3-6-14(18)24/h3,5-6,8-10H,4,7H2,1-2H3,(H3,25,26)(H,28,32)(H,29,30). The third-order valence-corrected chi connectivity index (χ3v) is 5.97. The minimum atomic E-state index is -0.241. The molecule has 0 saturated carbocycles. The molecule has 164 valence electrons. The number of para-hydroxylation sites is 1. The Hall–Kier alpha value is -3.36. The highest BCUT2D eigenvalue weighted by atomic mass is 35.5. The summed E-state index contributed by atoms with van der Waals surface area (Å²) >= 11 is 12.6. The number of halogens is 2. The molecule has 0 unspecified atom stereocenters. The van der Waals surface area contributed by atoms with Crippen LogP contribution in [0.15, 0.2) is 40.1 Å². The molecule has 0 aliphatic heterocycles. The van der Waals surface area contributed by atoms with Crippen molar-refractivity contribution in [3.05, 3.63) is 62.0 Å². The Morgan fingerprint density at radius 2 is 2.03 bits per heavy atom. The van der Waals surface area contributed by atoms with Gasteiger partial charge in [-0.25, -0.2) is 9.98 Å². The number of benzene rings is 2. The number of rotatable bonds is 5. The molecule has 2 heterocycles. The molecule has 0 saturated heterocycles. The van der Waals surface area contributed by atoms with Crippen molar-refractivity contribution < 1.29 is 0 Å². The highest BCUT2D eigenvalue weighted by molar-refractivity contribution is 6.39. The number of aromatic amines is 1. The molecule has 8 nitrogen and oxygen atoms in total. The third kappa shape index (κ3) is 3.94. The van der Waals surface area contributed by atoms with Crippen LogP contribution in [0.25, 0.3) is 21.8 Å². The molecule has 0 amide bonds. The molecule has 0 bridgehead atoms. The molecule has 0 fully saturated rings. The van der Waals surface area contributed by atoms with Gasteiger partial charge in [-0.05, 0) is 48.9 Å². The topological polar surface area (TPSA) is 125 Å². The number of hydrogen-bond donors (Lipinski definition) is 4. The predicted octanol–water partition coefficient (Wildman–Crippen LogP) is 4.67. The molecule has 4 rings (SSSR count). The number of nitrogens with one attached hydrogen (secondary N) is 3. The number of nitrogens with zero attached hydrogens (tertiary/aromatic N) is 3. The van der Waals surface area contributed by atoms with E-state index in [9.17, 15) is 4.79 Å². The molecule has 0 aliphatic rings. The van der Waals surface area contributed by atoms with Crippen molar-refractivity contribution in [2.45, 2.75) is 19.8 Å². The van der Waals surface area contributed by atoms with Gasteiger partial charge in [-0.1, -0.05) is 35.3 Å². The van der Waals surface area contributed by atoms with Crippen LogP contribution in [-0.4, -0.2) is 26.7 Å². The Labute approximate surface area is 193 Å². The molecule has 2 aromatic heterocycles. The summed E-state index contributed by atoms with van der Waals surface area (Å²) in [6.07, 6.45) is 2.71. The van der Waals surface area contributed by atoms with Gasteiger partial charge in [0.25, 0.3) is 5.56 Å². The van der Waals surface area contributed by atoms with Crippen molar-refractivity contribution in [2.24, 2.45) is 17.8 Å². The maximum absolute atomic E-state index is 13.1. The maximum Gasteiger partial charge on any atom is 0.258 e. The van der Waals surface area contributed by atoms with Crippen LogP contribution in [-0.2, 0) is 13.5 Å². The first-order valence-electron chi connectivity index (χ1n) is 9.86. The van der Waals surface area contributed by atoms with Crippen LogP contribution in [0, 0.1) is 12.3 Å². The fourth-order valence-corrected chi connectivity index (χ4v) is 4.26. The number of pyridine rings is 1. The second kappa shape index (κ2) is 8.64. The number of aromatic nitrogens is 3. The zero-order valence-corrected chi connectivity index (χ0v) is 19.0. The van der Waals surface area contributed by atoms with Crippen LogP contribution in [0.3, 0.4) is 0 Å². The molecule has 5 N–H and O–H groups in total. The van der Waals surface area contributed by atoms with Crippen LogP contribution < -0.4 is 16.6 Å². The molecular weight excluding hydrogens is 449 g/mol. The van der Waals surface area contributed by atoms with E-state index in [1.54, 1.807) is 24.4 Å². The number of guanidine groups is 1. The van der Waals surface area contributed by atoms with Crippen molar-refractivity contribution in [3.8, 4) is 0 Å². The summed E-state index contributed by atoms with van der Waals surface area (Å²) in [5.74, 6) is 0.277. The summed E-state index contributed by atoms with van der Waals surface area (Å²) in [7, 11) is 1.84. The number of aryl methyl sites for hydroxylation is 3. The largest absolute Gasteiger partial charge is 0.368 e. The minimum Gasteiger partial charge on any atom is -0.368 e. The van der Waals surface area contributed by atoms with Gasteiger partial charge in [0, 0.05) is 19.0 Å². The van der Waals surface area contributed by atoms with Crippen LogP contribution in [0.4, 0.5) is 11.6 Å². The smallest absolute Gasteiger partial charge is 0.258 e. The Kier molecular flexibility index (Phi) is 5.90. The van der Waals surface area contributed by atoms with Gasteiger partial charge in [-0.15, -0.1) is 0 Å². The summed E-state index contributed by atoms with van der Waals surface area (Å²) < 4.78 is 1.82. The molecular formula is C22H21Cl2N7O. The first kappa shape index (κ1) is 21.9. The Bertz CT molecular complexity index is 1430. The lowest BCUT2D eigenvalue weighted by Gasteiger charge is -2.11. The van der Waals surface area contributed by atoms with Gasteiger partial charge in [-0.2, -0.15) is 0 Å². The van der Waals surface area contributed by atoms with Gasteiger partial charge in [0.15, 0.2) is 0 Å². The number of H-pyrrole nitrogens is 1. The third-order valence-electron chi connectivity index (χ3n) is 5.34. The molecule has 2 aromatic carbocycles. The monoisotopic (exact) mass is 469 g/mol. The van der Waals surface area contributed by atoms with E-state index in [0.717, 1.165) is 16.6 Å². The number of fused-ring (bicyclic) bond motifs is 3. The number of aliphatic imine (C=N–C) groups is 1. The zero-order chi connectivity index (χ0) is 23.0. The summed E-state index contributed by atoms with van der Waals surface area (Å²) in [4.78, 5) is 24.5. The van der Waals surface area contributed by atoms with Gasteiger partial charge >= 0.3 is 0 Å². The second-order valence-corrected chi connectivity index (χ2v) is 8.18. The molecule has 4 aromatic rings. The van der Waals surface area contributed by atoms with E-state index in [1.165, 1.54) is 0 Å². The lowest BCUT2D eigenvalue weighted by Crippen LogP contribution is -2.13. The fourth-order valence-electron chi connectivity index (χ4n) is 3.77. The quantitative estimate of drug-likeness (QED) is 0.250. The van der Waals surface area contributed by atoms with Crippen molar-refractivity contribution in [3.63, 3.8) is 0 Å². The summed E-state index contributed by atoms with van der Waals surface area (Å²) in [6.45, 7) is 1.97. The molecule has 10 heteroatoms. The number of imidazole rings is 1. The van der Waals surface area contributed by atoms with Crippen molar-refractivity contribution >= 4 is 68.8 Å². The van der Waals surface area contributed by atoms with Gasteiger partial charge in [0.2, 0.25) is 11.9 Å². The first-order valence-corrected chi connectivity index (χ1v) is 10.6. The van der Waals surface area contributed by atoms with Crippen molar-refractivity contribution in [1.29, 1.82) is 5.41 Å². The van der Waals surface area contributed by atoms with Crippen LogP contribution in [0.1, 0.15) is 17.7 Å². The van der Waals surface area contributed by atoms with Crippen molar-refractivity contribution in [1.82, 2.24) is 14.5 Å². The average molecular weight is 470 g/mol. The minimum absolute atomic E-state index is 0.194. The normalized spacial score (nSPS) is 11.6. The summed E-state index contributed by atoms with van der Waals surface area (Å²) in [5.41, 5.74) is 8.78. The molecule has 32 heavy (non-hydrogen) atoms. The summed E-state index contributed by atoms with van der Waals surface area (Å²) in [5, 5.41) is 12.7. The maximum atomic E-state index is 13.1. The van der Waals surface area contributed by atoms with Gasteiger partial charge in [0.1, 0.15) is 0 Å². The Morgan fingerprint density at radius 1 is 1.31 bits per heavy atom. The predicted molar refractivity (Wildman–Crippen MR) is 132 cm³/mol. The van der Waals surface area contributed by atoms with E-state index in [0.29, 0.717) is 50.9 Å². The first-order chi connectivity index (χ1) is 15.3. The van der Waals surface area contributed by atoms with E-state index >= 15 is 0 Å². The van der Waals surface area contributed by atoms with Gasteiger partial charge in [-0.3, -0.25) is 10.2 Å². The van der Waals surface area contributed by atoms with E-state index in [1.807, 2.05) is 30.7 Å². The molecule has 0 atom stereocenters. The Balaban J connectivity index is 1.81. The highest BCUT2D eigenvalue weighted by Crippen LogP contribution is 2.34. The summed E-state index contributed by atoms with van der Waals surface area (Å²) in [6, 6.07) is 9.05. The molecule has 0 radical (unpaired) electrons. The van der Waals surface area contributed by atoms with E-state index in [-0.39, 0.29) is 11.5 Å². The van der Waals surface area contributed by atoms with E-state index in [2.05, 4.69) is 20.3 Å². The Morgan fingerprint density at radius 3 is 2.72 bits per heavy atom. The SMILES string of the molecule is Cc1c(CCC=NC(=N)N)[nH]c(=O)c2c1ccc1nc(Nc3c(Cl)cccc3Cl)n(C)c12. The van der Waals surface area contributed by atoms with Crippen LogP contribution in [0.5, 0.6) is 0 Å². The molecule has 0 spiro atoms. The lowest BCUT2D eigenvalue weighted by atomic mass is 10.0. The highest BCUT2D eigenvalue weighted by Gasteiger charge is 2.17. The van der Waals surface area contributed by atoms with E-state index < -0.39 is 0 Å². The van der Waals surface area contributed by atoms with Crippen molar-refractivity contribution in [2.75, 3.05) is 5.32 Å². The second-order valence-electron chi connectivity index (χ2n) is 7.37. The number of nitrogens with two attached hydrogens (primary N) is 1.